The number of hydrogen-bond donors (Lipinski definition) is 3. The average molecular weight is 282 g/mol. The van der Waals surface area contributed by atoms with E-state index in [0.717, 1.165) is 11.1 Å². The van der Waals surface area contributed by atoms with E-state index < -0.39 is 18.0 Å². The molecule has 0 bridgehead atoms. The van der Waals surface area contributed by atoms with Crippen LogP contribution in [0.2, 0.25) is 0 Å². The van der Waals surface area contributed by atoms with Gasteiger partial charge in [0, 0.05) is 11.4 Å². The number of para-hydroxylation sites is 1. The van der Waals surface area contributed by atoms with Crippen LogP contribution in [0, 0.1) is 13.8 Å². The van der Waals surface area contributed by atoms with Crippen LogP contribution in [-0.4, -0.2) is 35.2 Å². The number of carboxylic acids is 1. The number of anilines is 1. The second kappa shape index (κ2) is 7.04. The predicted octanol–water partition coefficient (Wildman–Crippen LogP) is 2.24. The van der Waals surface area contributed by atoms with Crippen molar-refractivity contribution in [2.24, 2.45) is 0 Å². The molecule has 1 aromatic rings. The molecular weight excluding hydrogens is 264 g/mol. The Morgan fingerprint density at radius 3 is 2.37 bits per heavy atom. The van der Waals surface area contributed by atoms with Crippen LogP contribution < -0.4 is 10.6 Å². The summed E-state index contributed by atoms with van der Waals surface area (Å²) in [4.78, 5) is 22.8. The zero-order chi connectivity index (χ0) is 14.4. The number of hydrogen-bond acceptors (Lipinski definition) is 3. The molecule has 0 radical (unpaired) electrons. The largest absolute Gasteiger partial charge is 0.480 e. The fourth-order valence-electron chi connectivity index (χ4n) is 1.66. The highest BCUT2D eigenvalue weighted by Gasteiger charge is 2.19. The van der Waals surface area contributed by atoms with Crippen molar-refractivity contribution in [2.75, 3.05) is 17.3 Å². The summed E-state index contributed by atoms with van der Waals surface area (Å²) in [6.45, 7) is 3.78. The Labute approximate surface area is 116 Å². The maximum Gasteiger partial charge on any atom is 0.327 e. The first kappa shape index (κ1) is 15.4. The van der Waals surface area contributed by atoms with Gasteiger partial charge in [-0.3, -0.25) is 0 Å². The fraction of sp³-hybridized carbons (Fsp3) is 0.385. The minimum absolute atomic E-state index is 0.329. The molecule has 1 atom stereocenters. The summed E-state index contributed by atoms with van der Waals surface area (Å²) in [5.41, 5.74) is 2.59. The standard InChI is InChI=1S/C13H18N2O3S/c1-8-5-4-6-9(2)11(8)15-13(18)14-10(7-19-3)12(16)17/h4-6,10H,7H2,1-3H3,(H,16,17)(H2,14,15,18). The van der Waals surface area contributed by atoms with Crippen LogP contribution in [0.4, 0.5) is 10.5 Å². The molecule has 3 N–H and O–H groups in total. The molecule has 19 heavy (non-hydrogen) atoms. The third-order valence-corrected chi connectivity index (χ3v) is 3.32. The second-order valence-corrected chi connectivity index (χ2v) is 5.12. The molecule has 0 fully saturated rings. The van der Waals surface area contributed by atoms with E-state index >= 15 is 0 Å². The highest BCUT2D eigenvalue weighted by molar-refractivity contribution is 7.98. The van der Waals surface area contributed by atoms with E-state index in [-0.39, 0.29) is 0 Å². The lowest BCUT2D eigenvalue weighted by atomic mass is 10.1. The summed E-state index contributed by atoms with van der Waals surface area (Å²) in [6.07, 6.45) is 1.79. The smallest absolute Gasteiger partial charge is 0.327 e. The zero-order valence-electron chi connectivity index (χ0n) is 11.2. The van der Waals surface area contributed by atoms with Gasteiger partial charge < -0.3 is 15.7 Å². The number of carbonyl (C=O) groups excluding carboxylic acids is 1. The monoisotopic (exact) mass is 282 g/mol. The summed E-state index contributed by atoms with van der Waals surface area (Å²) in [7, 11) is 0. The first-order chi connectivity index (χ1) is 8.95. The van der Waals surface area contributed by atoms with Crippen molar-refractivity contribution < 1.29 is 14.7 Å². The Morgan fingerprint density at radius 1 is 1.32 bits per heavy atom. The van der Waals surface area contributed by atoms with Gasteiger partial charge >= 0.3 is 12.0 Å². The van der Waals surface area contributed by atoms with Gasteiger partial charge in [-0.25, -0.2) is 9.59 Å². The number of aliphatic carboxylic acids is 1. The summed E-state index contributed by atoms with van der Waals surface area (Å²) < 4.78 is 0. The minimum atomic E-state index is -1.04. The van der Waals surface area contributed by atoms with E-state index in [1.54, 1.807) is 6.26 Å². The molecule has 0 aromatic heterocycles. The number of urea groups is 1. The van der Waals surface area contributed by atoms with E-state index in [0.29, 0.717) is 11.4 Å². The Hall–Kier alpha value is -1.69. The number of rotatable bonds is 5. The molecule has 6 heteroatoms. The molecule has 1 aromatic carbocycles. The van der Waals surface area contributed by atoms with Gasteiger partial charge in [-0.1, -0.05) is 18.2 Å². The maximum atomic E-state index is 11.8. The molecule has 1 unspecified atom stereocenters. The van der Waals surface area contributed by atoms with Crippen LogP contribution >= 0.6 is 11.8 Å². The van der Waals surface area contributed by atoms with Gasteiger partial charge in [-0.15, -0.1) is 0 Å². The van der Waals surface area contributed by atoms with E-state index in [2.05, 4.69) is 10.6 Å². The number of amides is 2. The van der Waals surface area contributed by atoms with Crippen molar-refractivity contribution in [3.63, 3.8) is 0 Å². The number of nitrogens with one attached hydrogen (secondary N) is 2. The van der Waals surface area contributed by atoms with E-state index in [4.69, 9.17) is 5.11 Å². The fourth-order valence-corrected chi connectivity index (χ4v) is 2.22. The summed E-state index contributed by atoms with van der Waals surface area (Å²) in [5.74, 6) is -0.707. The van der Waals surface area contributed by atoms with Gasteiger partial charge in [-0.2, -0.15) is 11.8 Å². The molecule has 2 amide bonds. The van der Waals surface area contributed by atoms with Crippen molar-refractivity contribution in [3.8, 4) is 0 Å². The first-order valence-electron chi connectivity index (χ1n) is 5.81. The topological polar surface area (TPSA) is 78.4 Å². The Bertz CT molecular complexity index is 457. The first-order valence-corrected chi connectivity index (χ1v) is 7.20. The van der Waals surface area contributed by atoms with Gasteiger partial charge in [0.05, 0.1) is 0 Å². The van der Waals surface area contributed by atoms with Crippen LogP contribution in [0.5, 0.6) is 0 Å². The molecule has 0 saturated carbocycles. The number of carbonyl (C=O) groups is 2. The third kappa shape index (κ3) is 4.48. The molecule has 0 heterocycles. The van der Waals surface area contributed by atoms with Crippen LogP contribution in [0.25, 0.3) is 0 Å². The van der Waals surface area contributed by atoms with Gasteiger partial charge in [0.15, 0.2) is 0 Å². The van der Waals surface area contributed by atoms with Gasteiger partial charge in [-0.05, 0) is 31.2 Å². The second-order valence-electron chi connectivity index (χ2n) is 4.21. The summed E-state index contributed by atoms with van der Waals surface area (Å²) in [5, 5.41) is 14.1. The molecule has 104 valence electrons. The summed E-state index contributed by atoms with van der Waals surface area (Å²) >= 11 is 1.37. The number of carboxylic acid groups (broad SMARTS) is 1. The molecule has 5 nitrogen and oxygen atoms in total. The van der Waals surface area contributed by atoms with Crippen LogP contribution in [0.15, 0.2) is 18.2 Å². The minimum Gasteiger partial charge on any atom is -0.480 e. The lowest BCUT2D eigenvalue weighted by molar-refractivity contribution is -0.138. The van der Waals surface area contributed by atoms with E-state index in [1.807, 2.05) is 32.0 Å². The molecule has 0 aliphatic carbocycles. The summed E-state index contributed by atoms with van der Waals surface area (Å²) in [6, 6.07) is 4.29. The van der Waals surface area contributed by atoms with Crippen molar-refractivity contribution in [2.45, 2.75) is 19.9 Å². The van der Waals surface area contributed by atoms with Crippen LogP contribution in [0.3, 0.4) is 0 Å². The molecule has 1 rings (SSSR count). The number of thioether (sulfide) groups is 1. The SMILES string of the molecule is CSCC(NC(=O)Nc1c(C)cccc1C)C(=O)O. The van der Waals surface area contributed by atoms with Crippen LogP contribution in [-0.2, 0) is 4.79 Å². The predicted molar refractivity (Wildman–Crippen MR) is 77.9 cm³/mol. The number of benzene rings is 1. The highest BCUT2D eigenvalue weighted by Crippen LogP contribution is 2.19. The Morgan fingerprint density at radius 2 is 1.89 bits per heavy atom. The zero-order valence-corrected chi connectivity index (χ0v) is 12.0. The van der Waals surface area contributed by atoms with Gasteiger partial charge in [0.25, 0.3) is 0 Å². The molecule has 0 saturated heterocycles. The molecular formula is C13H18N2O3S. The molecule has 0 aliphatic rings. The van der Waals surface area contributed by atoms with Crippen molar-refractivity contribution >= 4 is 29.4 Å². The Kier molecular flexibility index (Phi) is 5.69. The maximum absolute atomic E-state index is 11.8. The molecule has 0 spiro atoms. The van der Waals surface area contributed by atoms with E-state index in [1.165, 1.54) is 11.8 Å². The third-order valence-electron chi connectivity index (χ3n) is 2.66. The lowest BCUT2D eigenvalue weighted by Crippen LogP contribution is -2.44. The molecule has 0 aliphatic heterocycles. The average Bonchev–Trinajstić information content (AvgIpc) is 2.33. The van der Waals surface area contributed by atoms with Crippen molar-refractivity contribution in [1.82, 2.24) is 5.32 Å². The van der Waals surface area contributed by atoms with Crippen LogP contribution in [0.1, 0.15) is 11.1 Å². The van der Waals surface area contributed by atoms with Gasteiger partial charge in [0.1, 0.15) is 6.04 Å². The Balaban J connectivity index is 2.72. The normalized spacial score (nSPS) is 11.7. The highest BCUT2D eigenvalue weighted by atomic mass is 32.2. The van der Waals surface area contributed by atoms with Gasteiger partial charge in [0.2, 0.25) is 0 Å². The van der Waals surface area contributed by atoms with Crippen molar-refractivity contribution in [1.29, 1.82) is 0 Å². The van der Waals surface area contributed by atoms with E-state index in [9.17, 15) is 9.59 Å². The quantitative estimate of drug-likeness (QED) is 0.774. The number of aryl methyl sites for hydroxylation is 2. The van der Waals surface area contributed by atoms with Crippen molar-refractivity contribution in [3.05, 3.63) is 29.3 Å². The lowest BCUT2D eigenvalue weighted by Gasteiger charge is -2.16.